The number of halogens is 2. The summed E-state index contributed by atoms with van der Waals surface area (Å²) in [6.07, 6.45) is 3.57. The van der Waals surface area contributed by atoms with Crippen LogP contribution in [0.3, 0.4) is 0 Å². The minimum Gasteiger partial charge on any atom is -0.480 e. The lowest BCUT2D eigenvalue weighted by Crippen LogP contribution is -2.31. The van der Waals surface area contributed by atoms with Crippen LogP contribution in [0, 0.1) is 11.7 Å². The number of aliphatic carboxylic acids is 1. The molecule has 0 bridgehead atoms. The number of aromatic nitrogens is 1. The fourth-order valence-corrected chi connectivity index (χ4v) is 4.03. The third-order valence-corrected chi connectivity index (χ3v) is 5.72. The van der Waals surface area contributed by atoms with Crippen LogP contribution in [0.1, 0.15) is 25.3 Å². The summed E-state index contributed by atoms with van der Waals surface area (Å²) in [4.78, 5) is 25.7. The van der Waals surface area contributed by atoms with Crippen LogP contribution >= 0.6 is 11.6 Å². The largest absolute Gasteiger partial charge is 0.480 e. The van der Waals surface area contributed by atoms with E-state index in [2.05, 4.69) is 0 Å². The molecule has 1 heterocycles. The van der Waals surface area contributed by atoms with Gasteiger partial charge in [0.25, 0.3) is 0 Å². The SMILES string of the molecule is CCN(Cc1cc(F)ccc1-c1cn(CC(=O)O)c2ccc(Cl)cc12)C(=O)C1CC1. The molecule has 1 aromatic heterocycles. The zero-order valence-electron chi connectivity index (χ0n) is 16.6. The van der Waals surface area contributed by atoms with Gasteiger partial charge in [0, 0.05) is 46.7 Å². The molecular weight excluding hydrogens is 407 g/mol. The Morgan fingerprint density at radius 1 is 1.20 bits per heavy atom. The molecule has 156 valence electrons. The first kappa shape index (κ1) is 20.4. The number of amides is 1. The second-order valence-corrected chi connectivity index (χ2v) is 8.09. The van der Waals surface area contributed by atoms with Crippen LogP contribution in [0.5, 0.6) is 0 Å². The van der Waals surface area contributed by atoms with Gasteiger partial charge in [-0.3, -0.25) is 9.59 Å². The van der Waals surface area contributed by atoms with E-state index in [9.17, 15) is 19.1 Å². The predicted octanol–water partition coefficient (Wildman–Crippen LogP) is 4.94. The van der Waals surface area contributed by atoms with E-state index >= 15 is 0 Å². The standard InChI is InChI=1S/C23H22ClFN2O3/c1-2-26(23(30)14-3-4-14)11-15-9-17(25)6-7-18(15)20-12-27(13-22(28)29)21-8-5-16(24)10-19(20)21/h5-10,12,14H,2-4,11,13H2,1H3,(H,28,29). The van der Waals surface area contributed by atoms with E-state index in [1.807, 2.05) is 6.92 Å². The number of carboxylic acid groups (broad SMARTS) is 1. The van der Waals surface area contributed by atoms with Crippen molar-refractivity contribution < 1.29 is 19.1 Å². The van der Waals surface area contributed by atoms with Crippen molar-refractivity contribution in [2.45, 2.75) is 32.9 Å². The molecule has 1 amide bonds. The molecule has 0 unspecified atom stereocenters. The van der Waals surface area contributed by atoms with Gasteiger partial charge in [-0.2, -0.15) is 0 Å². The first-order valence-electron chi connectivity index (χ1n) is 9.95. The van der Waals surface area contributed by atoms with Gasteiger partial charge >= 0.3 is 5.97 Å². The van der Waals surface area contributed by atoms with Crippen LogP contribution in [0.25, 0.3) is 22.0 Å². The Kier molecular flexibility index (Phi) is 5.52. The third-order valence-electron chi connectivity index (χ3n) is 5.49. The fraction of sp³-hybridized carbons (Fsp3) is 0.304. The summed E-state index contributed by atoms with van der Waals surface area (Å²) in [7, 11) is 0. The van der Waals surface area contributed by atoms with Crippen molar-refractivity contribution in [1.82, 2.24) is 9.47 Å². The Balaban J connectivity index is 1.82. The lowest BCUT2D eigenvalue weighted by atomic mass is 9.98. The van der Waals surface area contributed by atoms with Crippen LogP contribution in [0.4, 0.5) is 4.39 Å². The van der Waals surface area contributed by atoms with E-state index in [0.29, 0.717) is 23.7 Å². The minimum atomic E-state index is -0.958. The molecule has 0 atom stereocenters. The molecule has 1 aliphatic carbocycles. The Morgan fingerprint density at radius 3 is 2.63 bits per heavy atom. The number of fused-ring (bicyclic) bond motifs is 1. The summed E-state index contributed by atoms with van der Waals surface area (Å²) in [6.45, 7) is 2.55. The van der Waals surface area contributed by atoms with E-state index in [4.69, 9.17) is 11.6 Å². The Labute approximate surface area is 178 Å². The van der Waals surface area contributed by atoms with Gasteiger partial charge in [0.15, 0.2) is 0 Å². The molecule has 4 rings (SSSR count). The second-order valence-electron chi connectivity index (χ2n) is 7.65. The number of carboxylic acids is 1. The molecule has 0 aliphatic heterocycles. The van der Waals surface area contributed by atoms with Gasteiger partial charge in [-0.1, -0.05) is 17.7 Å². The molecule has 3 aromatic rings. The molecule has 0 spiro atoms. The summed E-state index contributed by atoms with van der Waals surface area (Å²) in [6, 6.07) is 9.78. The zero-order valence-corrected chi connectivity index (χ0v) is 17.3. The molecule has 2 aromatic carbocycles. The Bertz CT molecular complexity index is 1140. The van der Waals surface area contributed by atoms with Crippen molar-refractivity contribution in [3.63, 3.8) is 0 Å². The topological polar surface area (TPSA) is 62.5 Å². The number of nitrogens with zero attached hydrogens (tertiary/aromatic N) is 2. The highest BCUT2D eigenvalue weighted by Gasteiger charge is 2.33. The summed E-state index contributed by atoms with van der Waals surface area (Å²) in [5.74, 6) is -1.15. The molecule has 1 aliphatic rings. The molecule has 1 fully saturated rings. The number of carbonyl (C=O) groups excluding carboxylic acids is 1. The monoisotopic (exact) mass is 428 g/mol. The number of benzene rings is 2. The summed E-state index contributed by atoms with van der Waals surface area (Å²) in [5.41, 5.74) is 2.93. The highest BCUT2D eigenvalue weighted by atomic mass is 35.5. The number of hydrogen-bond acceptors (Lipinski definition) is 2. The summed E-state index contributed by atoms with van der Waals surface area (Å²) >= 11 is 6.21. The Morgan fingerprint density at radius 2 is 1.97 bits per heavy atom. The van der Waals surface area contributed by atoms with Gasteiger partial charge in [-0.25, -0.2) is 4.39 Å². The predicted molar refractivity (Wildman–Crippen MR) is 114 cm³/mol. The van der Waals surface area contributed by atoms with Gasteiger partial charge in [-0.05, 0) is 61.2 Å². The smallest absolute Gasteiger partial charge is 0.323 e. The molecule has 5 nitrogen and oxygen atoms in total. The summed E-state index contributed by atoms with van der Waals surface area (Å²) < 4.78 is 15.8. The molecule has 0 radical (unpaired) electrons. The average molecular weight is 429 g/mol. The van der Waals surface area contributed by atoms with E-state index < -0.39 is 5.97 Å². The van der Waals surface area contributed by atoms with Gasteiger partial charge in [0.2, 0.25) is 5.91 Å². The molecule has 30 heavy (non-hydrogen) atoms. The maximum Gasteiger partial charge on any atom is 0.323 e. The Hall–Kier alpha value is -2.86. The van der Waals surface area contributed by atoms with Gasteiger partial charge in [-0.15, -0.1) is 0 Å². The molecule has 0 saturated heterocycles. The zero-order chi connectivity index (χ0) is 21.4. The fourth-order valence-electron chi connectivity index (χ4n) is 3.86. The van der Waals surface area contributed by atoms with Crippen molar-refractivity contribution >= 4 is 34.4 Å². The van der Waals surface area contributed by atoms with Crippen LogP contribution in [-0.4, -0.2) is 33.0 Å². The van der Waals surface area contributed by atoms with E-state index in [0.717, 1.165) is 34.9 Å². The van der Waals surface area contributed by atoms with Crippen molar-refractivity contribution in [3.8, 4) is 11.1 Å². The van der Waals surface area contributed by atoms with E-state index in [1.165, 1.54) is 12.1 Å². The quantitative estimate of drug-likeness (QED) is 0.579. The highest BCUT2D eigenvalue weighted by Crippen LogP contribution is 2.36. The van der Waals surface area contributed by atoms with Gasteiger partial charge < -0.3 is 14.6 Å². The van der Waals surface area contributed by atoms with Crippen molar-refractivity contribution in [1.29, 1.82) is 0 Å². The first-order valence-corrected chi connectivity index (χ1v) is 10.3. The van der Waals surface area contributed by atoms with Crippen LogP contribution in [-0.2, 0) is 22.7 Å². The average Bonchev–Trinajstić information content (AvgIpc) is 3.49. The summed E-state index contributed by atoms with van der Waals surface area (Å²) in [5, 5.41) is 10.6. The number of hydrogen-bond donors (Lipinski definition) is 1. The van der Waals surface area contributed by atoms with Crippen LogP contribution < -0.4 is 0 Å². The van der Waals surface area contributed by atoms with Crippen LogP contribution in [0.2, 0.25) is 5.02 Å². The van der Waals surface area contributed by atoms with Crippen molar-refractivity contribution in [3.05, 3.63) is 59.0 Å². The molecule has 1 saturated carbocycles. The molecule has 7 heteroatoms. The normalized spacial score (nSPS) is 13.6. The van der Waals surface area contributed by atoms with Crippen molar-refractivity contribution in [2.24, 2.45) is 5.92 Å². The van der Waals surface area contributed by atoms with Gasteiger partial charge in [0.1, 0.15) is 12.4 Å². The number of carbonyl (C=O) groups is 2. The van der Waals surface area contributed by atoms with E-state index in [1.54, 1.807) is 39.9 Å². The van der Waals surface area contributed by atoms with Crippen molar-refractivity contribution in [2.75, 3.05) is 6.54 Å². The van der Waals surface area contributed by atoms with Crippen LogP contribution in [0.15, 0.2) is 42.6 Å². The van der Waals surface area contributed by atoms with E-state index in [-0.39, 0.29) is 24.2 Å². The lowest BCUT2D eigenvalue weighted by Gasteiger charge is -2.22. The lowest BCUT2D eigenvalue weighted by molar-refractivity contribution is -0.137. The third kappa shape index (κ3) is 4.05. The number of rotatable bonds is 7. The molecule has 1 N–H and O–H groups in total. The maximum absolute atomic E-state index is 14.1. The molecular formula is C23H22ClFN2O3. The maximum atomic E-state index is 14.1. The highest BCUT2D eigenvalue weighted by molar-refractivity contribution is 6.31. The minimum absolute atomic E-state index is 0.0817. The van der Waals surface area contributed by atoms with Gasteiger partial charge in [0.05, 0.1) is 0 Å². The first-order chi connectivity index (χ1) is 14.4. The second kappa shape index (κ2) is 8.11.